The highest BCUT2D eigenvalue weighted by Gasteiger charge is 2.38. The van der Waals surface area contributed by atoms with Crippen molar-refractivity contribution in [2.24, 2.45) is 5.92 Å². The van der Waals surface area contributed by atoms with E-state index in [9.17, 15) is 4.79 Å². The molecular formula is C24H24N2OS. The van der Waals surface area contributed by atoms with E-state index in [1.54, 1.807) is 0 Å². The fraction of sp³-hybridized carbons (Fsp3) is 0.333. The molecule has 2 atom stereocenters. The quantitative estimate of drug-likeness (QED) is 0.547. The summed E-state index contributed by atoms with van der Waals surface area (Å²) >= 11 is 1.43. The predicted octanol–water partition coefficient (Wildman–Crippen LogP) is 5.09. The van der Waals surface area contributed by atoms with E-state index >= 15 is 0 Å². The minimum absolute atomic E-state index is 0.0929. The zero-order valence-corrected chi connectivity index (χ0v) is 16.6. The Morgan fingerprint density at radius 1 is 1.07 bits per heavy atom. The van der Waals surface area contributed by atoms with Gasteiger partial charge in [0, 0.05) is 29.3 Å². The Balaban J connectivity index is 1.18. The highest BCUT2D eigenvalue weighted by atomic mass is 32.1. The number of rotatable bonds is 8. The molecule has 0 aliphatic heterocycles. The van der Waals surface area contributed by atoms with Crippen molar-refractivity contribution in [1.29, 1.82) is 0 Å². The van der Waals surface area contributed by atoms with Crippen LogP contribution < -0.4 is 5.32 Å². The SMILES string of the molecule is O=C(Cc1ccc(C2CC2NCC2CC2)cc1)c1nc(-c2ccccc2)cs1. The van der Waals surface area contributed by atoms with Crippen molar-refractivity contribution < 1.29 is 4.79 Å². The van der Waals surface area contributed by atoms with Crippen molar-refractivity contribution in [2.45, 2.75) is 37.6 Å². The summed E-state index contributed by atoms with van der Waals surface area (Å²) in [5.74, 6) is 1.68. The number of carbonyl (C=O) groups is 1. The molecule has 3 aromatic rings. The third-order valence-electron chi connectivity index (χ3n) is 5.74. The molecule has 142 valence electrons. The first-order valence-electron chi connectivity index (χ1n) is 10.1. The van der Waals surface area contributed by atoms with Crippen molar-refractivity contribution in [3.63, 3.8) is 0 Å². The zero-order chi connectivity index (χ0) is 18.9. The van der Waals surface area contributed by atoms with Gasteiger partial charge in [-0.1, -0.05) is 54.6 Å². The third-order valence-corrected chi connectivity index (χ3v) is 6.62. The van der Waals surface area contributed by atoms with Crippen LogP contribution in [0.5, 0.6) is 0 Å². The van der Waals surface area contributed by atoms with Gasteiger partial charge in [-0.2, -0.15) is 0 Å². The van der Waals surface area contributed by atoms with E-state index in [0.717, 1.165) is 22.7 Å². The van der Waals surface area contributed by atoms with Crippen molar-refractivity contribution in [3.05, 3.63) is 76.1 Å². The maximum Gasteiger partial charge on any atom is 0.195 e. The van der Waals surface area contributed by atoms with Crippen LogP contribution in [-0.4, -0.2) is 23.4 Å². The Hall–Kier alpha value is -2.30. The molecule has 0 spiro atoms. The third kappa shape index (κ3) is 4.08. The molecule has 0 saturated heterocycles. The second-order valence-corrected chi connectivity index (χ2v) is 8.90. The van der Waals surface area contributed by atoms with Gasteiger partial charge in [-0.25, -0.2) is 4.98 Å². The van der Waals surface area contributed by atoms with Gasteiger partial charge in [0.05, 0.1) is 5.69 Å². The molecule has 5 rings (SSSR count). The fourth-order valence-corrected chi connectivity index (χ4v) is 4.48. The average Bonchev–Trinajstić information content (AvgIpc) is 3.65. The molecule has 0 radical (unpaired) electrons. The molecule has 2 saturated carbocycles. The molecule has 2 aromatic carbocycles. The second kappa shape index (κ2) is 7.61. The van der Waals surface area contributed by atoms with E-state index in [-0.39, 0.29) is 5.78 Å². The van der Waals surface area contributed by atoms with Crippen molar-refractivity contribution in [1.82, 2.24) is 10.3 Å². The summed E-state index contributed by atoms with van der Waals surface area (Å²) in [6.45, 7) is 1.19. The van der Waals surface area contributed by atoms with Crippen molar-refractivity contribution >= 4 is 17.1 Å². The summed E-state index contributed by atoms with van der Waals surface area (Å²) in [5.41, 5.74) is 4.39. The topological polar surface area (TPSA) is 42.0 Å². The maximum atomic E-state index is 12.6. The van der Waals surface area contributed by atoms with Crippen LogP contribution in [0.15, 0.2) is 60.0 Å². The molecule has 0 bridgehead atoms. The molecule has 4 heteroatoms. The number of Topliss-reactive ketones (excluding diaryl/α,β-unsaturated/α-hetero) is 1. The molecule has 2 aliphatic carbocycles. The Morgan fingerprint density at radius 3 is 2.61 bits per heavy atom. The number of hydrogen-bond donors (Lipinski definition) is 1. The number of nitrogens with one attached hydrogen (secondary N) is 1. The number of hydrogen-bond acceptors (Lipinski definition) is 4. The van der Waals surface area contributed by atoms with E-state index in [0.29, 0.717) is 23.4 Å². The van der Waals surface area contributed by atoms with Crippen LogP contribution in [0, 0.1) is 5.92 Å². The van der Waals surface area contributed by atoms with Crippen LogP contribution in [0.3, 0.4) is 0 Å². The summed E-state index contributed by atoms with van der Waals surface area (Å²) in [5, 5.41) is 6.25. The van der Waals surface area contributed by atoms with Gasteiger partial charge < -0.3 is 5.32 Å². The number of benzene rings is 2. The smallest absolute Gasteiger partial charge is 0.195 e. The van der Waals surface area contributed by atoms with Crippen LogP contribution in [0.4, 0.5) is 0 Å². The van der Waals surface area contributed by atoms with Gasteiger partial charge >= 0.3 is 0 Å². The monoisotopic (exact) mass is 388 g/mol. The lowest BCUT2D eigenvalue weighted by Gasteiger charge is -2.05. The van der Waals surface area contributed by atoms with E-state index in [1.165, 1.54) is 42.7 Å². The number of nitrogens with zero attached hydrogens (tertiary/aromatic N) is 1. The first kappa shape index (κ1) is 17.8. The molecule has 1 aromatic heterocycles. The van der Waals surface area contributed by atoms with E-state index in [2.05, 4.69) is 34.6 Å². The van der Waals surface area contributed by atoms with Gasteiger partial charge in [0.2, 0.25) is 0 Å². The summed E-state index contributed by atoms with van der Waals surface area (Å²) in [6, 6.07) is 19.3. The summed E-state index contributed by atoms with van der Waals surface area (Å²) in [7, 11) is 0. The van der Waals surface area contributed by atoms with Crippen molar-refractivity contribution in [2.75, 3.05) is 6.54 Å². The highest BCUT2D eigenvalue weighted by Crippen LogP contribution is 2.41. The number of ketones is 1. The van der Waals surface area contributed by atoms with Gasteiger partial charge in [0.25, 0.3) is 0 Å². The molecule has 1 heterocycles. The van der Waals surface area contributed by atoms with E-state index in [4.69, 9.17) is 0 Å². The molecular weight excluding hydrogens is 364 g/mol. The maximum absolute atomic E-state index is 12.6. The molecule has 0 amide bonds. The van der Waals surface area contributed by atoms with E-state index < -0.39 is 0 Å². The normalized spacial score (nSPS) is 20.9. The predicted molar refractivity (Wildman–Crippen MR) is 114 cm³/mol. The number of carbonyl (C=O) groups excluding carboxylic acids is 1. The average molecular weight is 389 g/mol. The fourth-order valence-electron chi connectivity index (χ4n) is 3.72. The number of thiazole rings is 1. The Labute approximate surface area is 169 Å². The lowest BCUT2D eigenvalue weighted by atomic mass is 10.0. The Kier molecular flexibility index (Phi) is 4.83. The molecule has 2 aliphatic rings. The van der Waals surface area contributed by atoms with Gasteiger partial charge in [0.1, 0.15) is 0 Å². The van der Waals surface area contributed by atoms with Crippen LogP contribution in [0.1, 0.15) is 46.1 Å². The highest BCUT2D eigenvalue weighted by molar-refractivity contribution is 7.12. The summed E-state index contributed by atoms with van der Waals surface area (Å²) in [6.07, 6.45) is 4.46. The van der Waals surface area contributed by atoms with Gasteiger partial charge in [-0.15, -0.1) is 11.3 Å². The standard InChI is InChI=1S/C24H24N2OS/c27-23(24-26-22(15-28-24)19-4-2-1-3-5-19)12-16-8-10-18(11-9-16)20-13-21(20)25-14-17-6-7-17/h1-5,8-11,15,17,20-21,25H,6-7,12-14H2. The molecule has 3 nitrogen and oxygen atoms in total. The molecule has 2 fully saturated rings. The van der Waals surface area contributed by atoms with E-state index in [1.807, 2.05) is 35.7 Å². The Bertz CT molecular complexity index is 960. The minimum Gasteiger partial charge on any atom is -0.313 e. The van der Waals surface area contributed by atoms with Crippen LogP contribution in [-0.2, 0) is 6.42 Å². The zero-order valence-electron chi connectivity index (χ0n) is 15.8. The second-order valence-electron chi connectivity index (χ2n) is 8.05. The minimum atomic E-state index is 0.0929. The lowest BCUT2D eigenvalue weighted by molar-refractivity contribution is 0.0992. The van der Waals surface area contributed by atoms with Gasteiger partial charge in [-0.3, -0.25) is 4.79 Å². The molecule has 1 N–H and O–H groups in total. The van der Waals surface area contributed by atoms with Crippen LogP contribution in [0.25, 0.3) is 11.3 Å². The number of aromatic nitrogens is 1. The Morgan fingerprint density at radius 2 is 1.86 bits per heavy atom. The first-order valence-corrected chi connectivity index (χ1v) is 11.0. The summed E-state index contributed by atoms with van der Waals surface area (Å²) < 4.78 is 0. The first-order chi connectivity index (χ1) is 13.8. The molecule has 2 unspecified atom stereocenters. The van der Waals surface area contributed by atoms with Crippen LogP contribution in [0.2, 0.25) is 0 Å². The van der Waals surface area contributed by atoms with Crippen molar-refractivity contribution in [3.8, 4) is 11.3 Å². The summed E-state index contributed by atoms with van der Waals surface area (Å²) in [4.78, 5) is 17.2. The van der Waals surface area contributed by atoms with Crippen LogP contribution >= 0.6 is 11.3 Å². The van der Waals surface area contributed by atoms with Gasteiger partial charge in [0.15, 0.2) is 10.8 Å². The lowest BCUT2D eigenvalue weighted by Crippen LogP contribution is -2.20. The van der Waals surface area contributed by atoms with Gasteiger partial charge in [-0.05, 0) is 42.9 Å². The molecule has 28 heavy (non-hydrogen) atoms. The largest absolute Gasteiger partial charge is 0.313 e.